The van der Waals surface area contributed by atoms with Gasteiger partial charge in [-0.1, -0.05) is 54.8 Å². The molecule has 2 aromatic carbocycles. The van der Waals surface area contributed by atoms with Gasteiger partial charge < -0.3 is 9.84 Å². The van der Waals surface area contributed by atoms with E-state index >= 15 is 0 Å². The summed E-state index contributed by atoms with van der Waals surface area (Å²) >= 11 is 11.9. The zero-order valence-corrected chi connectivity index (χ0v) is 24.0. The minimum absolute atomic E-state index is 0.00149. The molecule has 42 heavy (non-hydrogen) atoms. The van der Waals surface area contributed by atoms with Crippen LogP contribution >= 0.6 is 33.4 Å². The highest BCUT2D eigenvalue weighted by Gasteiger charge is 2.66. The number of nitriles is 1. The van der Waals surface area contributed by atoms with Gasteiger partial charge in [0.05, 0.1) is 25.9 Å². The molecule has 1 heterocycles. The van der Waals surface area contributed by atoms with Crippen LogP contribution in [0.15, 0.2) is 46.2 Å². The summed E-state index contributed by atoms with van der Waals surface area (Å²) in [6.07, 6.45) is -0.285. The number of nitrogens with zero attached hydrogens (tertiary/aromatic N) is 3. The number of sulfone groups is 1. The number of rotatable bonds is 8. The molecule has 0 saturated heterocycles. The van der Waals surface area contributed by atoms with Gasteiger partial charge in [0, 0.05) is 6.26 Å². The van der Waals surface area contributed by atoms with Crippen LogP contribution in [0.2, 0.25) is 10.0 Å². The summed E-state index contributed by atoms with van der Waals surface area (Å²) in [6, 6.07) is 6.68. The second kappa shape index (κ2) is 9.46. The molecule has 0 bridgehead atoms. The third kappa shape index (κ3) is 6.11. The number of halogens is 7. The normalized spacial score (nSPS) is 16.1. The van der Waals surface area contributed by atoms with E-state index in [0.29, 0.717) is 10.2 Å². The Hall–Kier alpha value is -3.59. The van der Waals surface area contributed by atoms with Crippen LogP contribution in [-0.4, -0.2) is 41.6 Å². The molecular weight excluding hydrogens is 658 g/mol. The maximum Gasteiger partial charge on any atom is 0.413 e. The highest BCUT2D eigenvalue weighted by molar-refractivity contribution is 8.45. The van der Waals surface area contributed by atoms with Crippen LogP contribution < -0.4 is 5.32 Å². The molecule has 10 nitrogen and oxygen atoms in total. The van der Waals surface area contributed by atoms with Crippen LogP contribution in [-0.2, 0) is 31.4 Å². The fourth-order valence-corrected chi connectivity index (χ4v) is 6.09. The van der Waals surface area contributed by atoms with Crippen molar-refractivity contribution in [3.05, 3.63) is 63.3 Å². The van der Waals surface area contributed by atoms with Crippen LogP contribution in [0.4, 0.5) is 30.0 Å². The number of hydrogen-bond donors (Lipinski definition) is 2. The van der Waals surface area contributed by atoms with Crippen LogP contribution in [0, 0.1) is 11.3 Å². The molecule has 1 aromatic heterocycles. The molecule has 1 aliphatic rings. The molecular formula is C23H17Cl2F5N4O6S2. The van der Waals surface area contributed by atoms with E-state index in [0.717, 1.165) is 6.26 Å². The maximum absolute atomic E-state index is 13.4. The number of anilines is 1. The van der Waals surface area contributed by atoms with Gasteiger partial charge in [-0.15, -0.1) is 0 Å². The van der Waals surface area contributed by atoms with Crippen molar-refractivity contribution in [2.75, 3.05) is 11.6 Å². The average molecular weight is 675 g/mol. The standard InChI is InChI=1S/C23H17Cl2F5N4O6S2/c1-41(38,39)13-4-2-12(3-5-13)11-40-22(37)32-20-18(23(6-7-23)21(35)36)17(10-31)33-34(20)19-15(24)8-14(9-16(19)25)42(26,27,28,29)30/h2-5,8-9H,6-7,11H2,1H3,(H,32,37)(H,35,36). The van der Waals surface area contributed by atoms with Crippen molar-refractivity contribution < 1.29 is 47.3 Å². The number of aromatic nitrogens is 2. The van der Waals surface area contributed by atoms with Crippen LogP contribution in [0.25, 0.3) is 5.69 Å². The number of amides is 1. The lowest BCUT2D eigenvalue weighted by atomic mass is 9.95. The second-order valence-corrected chi connectivity index (χ2v) is 14.5. The molecule has 0 spiro atoms. The quantitative estimate of drug-likeness (QED) is 0.243. The first kappa shape index (κ1) is 31.3. The van der Waals surface area contributed by atoms with Gasteiger partial charge in [0.2, 0.25) is 0 Å². The third-order valence-corrected chi connectivity index (χ3v) is 9.05. The van der Waals surface area contributed by atoms with Gasteiger partial charge >= 0.3 is 22.3 Å². The first-order chi connectivity index (χ1) is 19.1. The summed E-state index contributed by atoms with van der Waals surface area (Å²) in [6.45, 7) is -0.422. The summed E-state index contributed by atoms with van der Waals surface area (Å²) in [4.78, 5) is 22.5. The third-order valence-electron chi connectivity index (χ3n) is 6.22. The molecule has 3 aromatic rings. The lowest BCUT2D eigenvalue weighted by Gasteiger charge is -2.40. The van der Waals surface area contributed by atoms with E-state index < -0.39 is 76.3 Å². The van der Waals surface area contributed by atoms with Crippen molar-refractivity contribution in [1.82, 2.24) is 9.78 Å². The van der Waals surface area contributed by atoms with Gasteiger partial charge in [-0.2, -0.15) is 10.4 Å². The van der Waals surface area contributed by atoms with E-state index in [-0.39, 0.29) is 35.4 Å². The monoisotopic (exact) mass is 674 g/mol. The molecule has 1 aliphatic carbocycles. The molecule has 1 saturated carbocycles. The van der Waals surface area contributed by atoms with Gasteiger partial charge in [-0.3, -0.25) is 10.1 Å². The lowest BCUT2D eigenvalue weighted by molar-refractivity contribution is -0.140. The van der Waals surface area contributed by atoms with Crippen LogP contribution in [0.5, 0.6) is 0 Å². The summed E-state index contributed by atoms with van der Waals surface area (Å²) < 4.78 is 96.0. The second-order valence-electron chi connectivity index (χ2n) is 9.30. The van der Waals surface area contributed by atoms with Crippen molar-refractivity contribution in [2.24, 2.45) is 0 Å². The topological polar surface area (TPSA) is 151 Å². The van der Waals surface area contributed by atoms with Gasteiger partial charge in [-0.05, 0) is 42.7 Å². The molecule has 0 atom stereocenters. The predicted octanol–water partition coefficient (Wildman–Crippen LogP) is 6.98. The molecule has 19 heteroatoms. The van der Waals surface area contributed by atoms with Crippen molar-refractivity contribution in [2.45, 2.75) is 34.7 Å². The Labute approximate surface area is 244 Å². The number of carbonyl (C=O) groups excluding carboxylic acids is 1. The number of ether oxygens (including phenoxy) is 1. The van der Waals surface area contributed by atoms with E-state index in [1.54, 1.807) is 6.07 Å². The van der Waals surface area contributed by atoms with Crippen molar-refractivity contribution >= 4 is 61.1 Å². The number of benzene rings is 2. The Bertz CT molecular complexity index is 1780. The van der Waals surface area contributed by atoms with Crippen molar-refractivity contribution in [3.8, 4) is 11.8 Å². The van der Waals surface area contributed by atoms with Gasteiger partial charge in [0.25, 0.3) is 0 Å². The first-order valence-electron chi connectivity index (χ1n) is 11.3. The number of hydrogen-bond acceptors (Lipinski definition) is 7. The van der Waals surface area contributed by atoms with E-state index in [9.17, 15) is 47.8 Å². The van der Waals surface area contributed by atoms with Crippen LogP contribution in [0.1, 0.15) is 29.7 Å². The zero-order chi connectivity index (χ0) is 31.5. The number of nitrogens with one attached hydrogen (secondary N) is 1. The van der Waals surface area contributed by atoms with Crippen LogP contribution in [0.3, 0.4) is 0 Å². The summed E-state index contributed by atoms with van der Waals surface area (Å²) in [7, 11) is -13.7. The molecule has 226 valence electrons. The number of carbonyl (C=O) groups is 2. The molecule has 4 rings (SSSR count). The Morgan fingerprint density at radius 3 is 2.12 bits per heavy atom. The summed E-state index contributed by atoms with van der Waals surface area (Å²) in [5.74, 6) is -1.97. The SMILES string of the molecule is CS(=O)(=O)c1ccc(COC(=O)Nc2c(C3(C(=O)O)CC3)c(C#N)nn2-c2c(Cl)cc(S(F)(F)(F)(F)F)cc2Cl)cc1. The summed E-state index contributed by atoms with van der Waals surface area (Å²) in [5, 5.41) is 23.6. The highest BCUT2D eigenvalue weighted by atomic mass is 35.5. The van der Waals surface area contributed by atoms with Gasteiger partial charge in [-0.25, -0.2) is 17.9 Å². The Kier molecular flexibility index (Phi) is 7.06. The lowest BCUT2D eigenvalue weighted by Crippen LogP contribution is -2.24. The van der Waals surface area contributed by atoms with Crippen molar-refractivity contribution in [3.63, 3.8) is 0 Å². The molecule has 0 aliphatic heterocycles. The largest absolute Gasteiger partial charge is 0.481 e. The molecule has 0 unspecified atom stereocenters. The molecule has 1 amide bonds. The van der Waals surface area contributed by atoms with Crippen molar-refractivity contribution in [1.29, 1.82) is 5.26 Å². The molecule has 2 N–H and O–H groups in total. The number of carboxylic acids is 1. The molecule has 0 radical (unpaired) electrons. The summed E-state index contributed by atoms with van der Waals surface area (Å²) in [5.41, 5.74) is -2.96. The van der Waals surface area contributed by atoms with Gasteiger partial charge in [0.1, 0.15) is 29.1 Å². The Balaban J connectivity index is 1.78. The smallest absolute Gasteiger partial charge is 0.413 e. The minimum Gasteiger partial charge on any atom is -0.481 e. The minimum atomic E-state index is -10.2. The van der Waals surface area contributed by atoms with E-state index in [1.165, 1.54) is 24.3 Å². The maximum atomic E-state index is 13.4. The van der Waals surface area contributed by atoms with E-state index in [1.807, 2.05) is 0 Å². The fraction of sp³-hybridized carbons (Fsp3) is 0.217. The molecule has 1 fully saturated rings. The number of carboxylic acid groups (broad SMARTS) is 1. The van der Waals surface area contributed by atoms with E-state index in [4.69, 9.17) is 27.9 Å². The Morgan fingerprint density at radius 1 is 1.14 bits per heavy atom. The first-order valence-corrected chi connectivity index (χ1v) is 15.9. The predicted molar refractivity (Wildman–Crippen MR) is 142 cm³/mol. The average Bonchev–Trinajstić information content (AvgIpc) is 3.58. The number of aliphatic carboxylic acids is 1. The highest BCUT2D eigenvalue weighted by Crippen LogP contribution is 3.02. The van der Waals surface area contributed by atoms with E-state index in [2.05, 4.69) is 10.4 Å². The zero-order valence-electron chi connectivity index (χ0n) is 20.9. The fourth-order valence-electron chi connectivity index (χ4n) is 4.00. The Morgan fingerprint density at radius 2 is 1.69 bits per heavy atom. The van der Waals surface area contributed by atoms with Gasteiger partial charge in [0.15, 0.2) is 15.5 Å².